The zero-order valence-corrected chi connectivity index (χ0v) is 13.5. The van der Waals surface area contributed by atoms with E-state index in [0.29, 0.717) is 12.1 Å². The minimum Gasteiger partial charge on any atom is -0.377 e. The molecule has 0 saturated carbocycles. The average molecular weight is 290 g/mol. The molecule has 3 aliphatic rings. The minimum absolute atomic E-state index is 0.500. The first-order valence-corrected chi connectivity index (χ1v) is 8.77. The summed E-state index contributed by atoms with van der Waals surface area (Å²) in [5, 5.41) is 0. The lowest BCUT2D eigenvalue weighted by atomic mass is 10.0. The van der Waals surface area contributed by atoms with Crippen molar-refractivity contribution in [1.82, 2.24) is 9.80 Å². The van der Waals surface area contributed by atoms with Crippen molar-refractivity contribution in [1.29, 1.82) is 0 Å². The van der Waals surface area contributed by atoms with E-state index >= 15 is 0 Å². The number of hydrogen-bond acceptors (Lipinski definition) is 3. The lowest BCUT2D eigenvalue weighted by Gasteiger charge is -2.42. The maximum absolute atomic E-state index is 5.80. The van der Waals surface area contributed by atoms with Crippen molar-refractivity contribution in [2.75, 3.05) is 39.3 Å². The summed E-state index contributed by atoms with van der Waals surface area (Å²) in [6.07, 6.45) is 13.6. The number of ether oxygens (including phenoxy) is 1. The first-order chi connectivity index (χ1) is 10.3. The average Bonchev–Trinajstić information content (AvgIpc) is 3.03. The third-order valence-electron chi connectivity index (χ3n) is 5.15. The van der Waals surface area contributed by atoms with Crippen LogP contribution < -0.4 is 0 Å². The minimum atomic E-state index is 0.500. The first-order valence-electron chi connectivity index (χ1n) is 8.77. The molecule has 3 heteroatoms. The normalized spacial score (nSPS) is 31.6. The SMILES string of the molecule is CCC1CN(CC2CCCO2)CCN1CC1=CC=CCC1. The highest BCUT2D eigenvalue weighted by atomic mass is 16.5. The second kappa shape index (κ2) is 7.57. The van der Waals surface area contributed by atoms with Gasteiger partial charge in [0.1, 0.15) is 0 Å². The molecule has 2 heterocycles. The fourth-order valence-electron chi connectivity index (χ4n) is 3.84. The molecule has 2 saturated heterocycles. The number of rotatable bonds is 5. The zero-order chi connectivity index (χ0) is 14.5. The molecule has 0 aromatic carbocycles. The van der Waals surface area contributed by atoms with Crippen molar-refractivity contribution >= 4 is 0 Å². The van der Waals surface area contributed by atoms with Crippen LogP contribution in [0.15, 0.2) is 23.8 Å². The third-order valence-corrected chi connectivity index (χ3v) is 5.15. The molecule has 0 amide bonds. The predicted molar refractivity (Wildman–Crippen MR) is 87.5 cm³/mol. The molecule has 0 aromatic heterocycles. The van der Waals surface area contributed by atoms with E-state index in [-0.39, 0.29) is 0 Å². The molecule has 0 aromatic rings. The Bertz CT molecular complexity index is 385. The van der Waals surface area contributed by atoms with Crippen LogP contribution >= 0.6 is 0 Å². The van der Waals surface area contributed by atoms with Gasteiger partial charge < -0.3 is 4.74 Å². The van der Waals surface area contributed by atoms with Crippen molar-refractivity contribution in [3.8, 4) is 0 Å². The van der Waals surface area contributed by atoms with Crippen molar-refractivity contribution in [3.63, 3.8) is 0 Å². The molecule has 2 unspecified atom stereocenters. The van der Waals surface area contributed by atoms with Gasteiger partial charge >= 0.3 is 0 Å². The highest BCUT2D eigenvalue weighted by molar-refractivity contribution is 5.19. The molecule has 0 radical (unpaired) electrons. The van der Waals surface area contributed by atoms with Crippen molar-refractivity contribution in [2.24, 2.45) is 0 Å². The van der Waals surface area contributed by atoms with Crippen LogP contribution in [0.1, 0.15) is 39.0 Å². The molecule has 0 N–H and O–H groups in total. The maximum atomic E-state index is 5.80. The second-order valence-electron chi connectivity index (χ2n) is 6.72. The Kier molecular flexibility index (Phi) is 5.50. The number of nitrogens with zero attached hydrogens (tertiary/aromatic N) is 2. The Hall–Kier alpha value is -0.640. The zero-order valence-electron chi connectivity index (χ0n) is 13.5. The topological polar surface area (TPSA) is 15.7 Å². The van der Waals surface area contributed by atoms with Crippen LogP contribution in [-0.4, -0.2) is 61.3 Å². The lowest BCUT2D eigenvalue weighted by molar-refractivity contribution is 0.0293. The van der Waals surface area contributed by atoms with Gasteiger partial charge in [0, 0.05) is 45.4 Å². The molecule has 2 atom stereocenters. The summed E-state index contributed by atoms with van der Waals surface area (Å²) in [7, 11) is 0. The van der Waals surface area contributed by atoms with Crippen LogP contribution in [-0.2, 0) is 4.74 Å². The molecular formula is C18H30N2O. The van der Waals surface area contributed by atoms with Gasteiger partial charge in [-0.1, -0.05) is 30.7 Å². The Labute approximate surface area is 129 Å². The summed E-state index contributed by atoms with van der Waals surface area (Å²) < 4.78 is 5.80. The Balaban J connectivity index is 1.50. The Morgan fingerprint density at radius 3 is 3.00 bits per heavy atom. The van der Waals surface area contributed by atoms with Gasteiger partial charge in [0.15, 0.2) is 0 Å². The molecule has 21 heavy (non-hydrogen) atoms. The van der Waals surface area contributed by atoms with E-state index in [1.807, 2.05) is 0 Å². The summed E-state index contributed by atoms with van der Waals surface area (Å²) in [6.45, 7) is 9.28. The smallest absolute Gasteiger partial charge is 0.0702 e. The van der Waals surface area contributed by atoms with Gasteiger partial charge in [0.2, 0.25) is 0 Å². The Morgan fingerprint density at radius 1 is 1.33 bits per heavy atom. The van der Waals surface area contributed by atoms with Crippen LogP contribution in [0.5, 0.6) is 0 Å². The van der Waals surface area contributed by atoms with Crippen LogP contribution in [0.2, 0.25) is 0 Å². The van der Waals surface area contributed by atoms with E-state index in [4.69, 9.17) is 4.74 Å². The molecule has 0 bridgehead atoms. The Morgan fingerprint density at radius 2 is 2.29 bits per heavy atom. The molecular weight excluding hydrogens is 260 g/mol. The van der Waals surface area contributed by atoms with Gasteiger partial charge in [0.25, 0.3) is 0 Å². The van der Waals surface area contributed by atoms with Gasteiger partial charge in [0.05, 0.1) is 6.10 Å². The fourth-order valence-corrected chi connectivity index (χ4v) is 3.84. The van der Waals surface area contributed by atoms with Crippen LogP contribution in [0.25, 0.3) is 0 Å². The van der Waals surface area contributed by atoms with Gasteiger partial charge in [-0.25, -0.2) is 0 Å². The van der Waals surface area contributed by atoms with Crippen molar-refractivity contribution in [2.45, 2.75) is 51.2 Å². The van der Waals surface area contributed by atoms with Crippen LogP contribution in [0, 0.1) is 0 Å². The predicted octanol–water partition coefficient (Wildman–Crippen LogP) is 2.84. The molecule has 0 spiro atoms. The fraction of sp³-hybridized carbons (Fsp3) is 0.778. The van der Waals surface area contributed by atoms with Gasteiger partial charge in [-0.15, -0.1) is 0 Å². The highest BCUT2D eigenvalue weighted by Gasteiger charge is 2.28. The summed E-state index contributed by atoms with van der Waals surface area (Å²) in [5.41, 5.74) is 1.61. The van der Waals surface area contributed by atoms with Crippen molar-refractivity contribution in [3.05, 3.63) is 23.8 Å². The number of allylic oxidation sites excluding steroid dienone is 3. The largest absolute Gasteiger partial charge is 0.377 e. The van der Waals surface area contributed by atoms with Crippen molar-refractivity contribution < 1.29 is 4.74 Å². The van der Waals surface area contributed by atoms with Crippen LogP contribution in [0.3, 0.4) is 0 Å². The molecule has 3 nitrogen and oxygen atoms in total. The van der Waals surface area contributed by atoms with E-state index in [1.54, 1.807) is 5.57 Å². The molecule has 1 aliphatic carbocycles. The summed E-state index contributed by atoms with van der Waals surface area (Å²) in [5.74, 6) is 0. The molecule has 118 valence electrons. The number of piperazine rings is 1. The van der Waals surface area contributed by atoms with Gasteiger partial charge in [-0.2, -0.15) is 0 Å². The van der Waals surface area contributed by atoms with E-state index in [1.165, 1.54) is 58.3 Å². The maximum Gasteiger partial charge on any atom is 0.0702 e. The highest BCUT2D eigenvalue weighted by Crippen LogP contribution is 2.20. The summed E-state index contributed by atoms with van der Waals surface area (Å²) in [6, 6.07) is 0.715. The summed E-state index contributed by atoms with van der Waals surface area (Å²) in [4.78, 5) is 5.34. The van der Waals surface area contributed by atoms with E-state index < -0.39 is 0 Å². The van der Waals surface area contributed by atoms with Gasteiger partial charge in [-0.05, 0) is 32.1 Å². The first kappa shape index (κ1) is 15.3. The van der Waals surface area contributed by atoms with E-state index in [9.17, 15) is 0 Å². The monoisotopic (exact) mass is 290 g/mol. The summed E-state index contributed by atoms with van der Waals surface area (Å²) >= 11 is 0. The van der Waals surface area contributed by atoms with Crippen LogP contribution in [0.4, 0.5) is 0 Å². The second-order valence-corrected chi connectivity index (χ2v) is 6.72. The molecule has 2 aliphatic heterocycles. The van der Waals surface area contributed by atoms with E-state index in [2.05, 4.69) is 35.0 Å². The van der Waals surface area contributed by atoms with E-state index in [0.717, 1.165) is 13.2 Å². The molecule has 3 rings (SSSR count). The molecule has 2 fully saturated rings. The number of hydrogen-bond donors (Lipinski definition) is 0. The quantitative estimate of drug-likeness (QED) is 0.774. The third kappa shape index (κ3) is 4.18. The van der Waals surface area contributed by atoms with Gasteiger partial charge in [-0.3, -0.25) is 9.80 Å². The lowest BCUT2D eigenvalue weighted by Crippen LogP contribution is -2.54. The standard InChI is InChI=1S/C18H30N2O/c1-2-17-14-19(15-18-9-6-12-21-18)10-11-20(17)13-16-7-4-3-5-8-16/h3-4,7,17-18H,2,5-6,8-15H2,1H3.